The number of rotatable bonds is 5. The minimum absolute atomic E-state index is 0.0637. The Hall–Kier alpha value is -2.64. The molecule has 2 aromatic heterocycles. The number of nitrogens with zero attached hydrogens (tertiary/aromatic N) is 4. The Morgan fingerprint density at radius 3 is 2.25 bits per heavy atom. The summed E-state index contributed by atoms with van der Waals surface area (Å²) in [5.41, 5.74) is 1.01. The highest BCUT2D eigenvalue weighted by Gasteiger charge is 2.33. The third-order valence-electron chi connectivity index (χ3n) is 7.79. The van der Waals surface area contributed by atoms with Crippen molar-refractivity contribution in [1.82, 2.24) is 19.7 Å². The molecule has 6 nitrogen and oxygen atoms in total. The van der Waals surface area contributed by atoms with Gasteiger partial charge < -0.3 is 14.7 Å². The topological polar surface area (TPSA) is 56.8 Å². The number of benzene rings is 1. The molecule has 2 aliphatic heterocycles. The number of piperidine rings is 2. The van der Waals surface area contributed by atoms with Crippen molar-refractivity contribution in [3.63, 3.8) is 0 Å². The van der Waals surface area contributed by atoms with Crippen molar-refractivity contribution in [2.24, 2.45) is 11.8 Å². The van der Waals surface area contributed by atoms with E-state index in [1.165, 1.54) is 11.3 Å². The van der Waals surface area contributed by atoms with E-state index in [0.29, 0.717) is 28.3 Å². The summed E-state index contributed by atoms with van der Waals surface area (Å²) < 4.78 is 1.06. The van der Waals surface area contributed by atoms with Crippen LogP contribution in [0.15, 0.2) is 48.7 Å². The second-order valence-corrected chi connectivity index (χ2v) is 11.4. The number of carbonyl (C=O) groups is 2. The van der Waals surface area contributed by atoms with Crippen LogP contribution in [0.2, 0.25) is 5.02 Å². The summed E-state index contributed by atoms with van der Waals surface area (Å²) in [5, 5.41) is 1.55. The molecule has 8 heteroatoms. The minimum Gasteiger partial charge on any atom is -0.338 e. The van der Waals surface area contributed by atoms with E-state index >= 15 is 0 Å². The predicted octanol–water partition coefficient (Wildman–Crippen LogP) is 5.81. The number of pyridine rings is 1. The highest BCUT2D eigenvalue weighted by atomic mass is 35.5. The summed E-state index contributed by atoms with van der Waals surface area (Å²) >= 11 is 8.05. The summed E-state index contributed by atoms with van der Waals surface area (Å²) in [7, 11) is 1.88. The maximum absolute atomic E-state index is 13.2. The van der Waals surface area contributed by atoms with Crippen LogP contribution in [-0.4, -0.2) is 71.4 Å². The van der Waals surface area contributed by atoms with Gasteiger partial charge in [-0.2, -0.15) is 0 Å². The summed E-state index contributed by atoms with van der Waals surface area (Å²) in [5.74, 6) is 1.30. The van der Waals surface area contributed by atoms with Crippen LogP contribution in [0, 0.1) is 11.8 Å². The number of likely N-dealkylation sites (N-methyl/N-ethyl adjacent to an activating group) is 1. The van der Waals surface area contributed by atoms with Gasteiger partial charge in [0.2, 0.25) is 0 Å². The first-order chi connectivity index (χ1) is 17.5. The fourth-order valence-electron chi connectivity index (χ4n) is 5.60. The Morgan fingerprint density at radius 2 is 1.61 bits per heavy atom. The van der Waals surface area contributed by atoms with Crippen LogP contribution in [0.3, 0.4) is 0 Å². The highest BCUT2D eigenvalue weighted by Crippen LogP contribution is 2.38. The third kappa shape index (κ3) is 5.37. The second kappa shape index (κ2) is 11.2. The number of halogens is 1. The molecule has 0 aliphatic carbocycles. The molecule has 4 heterocycles. The van der Waals surface area contributed by atoms with Crippen LogP contribution >= 0.6 is 22.9 Å². The Kier molecular flexibility index (Phi) is 7.77. The summed E-state index contributed by atoms with van der Waals surface area (Å²) in [6.07, 6.45) is 6.69. The lowest BCUT2D eigenvalue weighted by molar-refractivity contribution is 0.0612. The molecule has 3 aromatic rings. The maximum Gasteiger partial charge on any atom is 0.319 e. The fourth-order valence-corrected chi connectivity index (χ4v) is 7.08. The number of fused-ring (bicyclic) bond motifs is 1. The van der Waals surface area contributed by atoms with Gasteiger partial charge in [0, 0.05) is 68.2 Å². The van der Waals surface area contributed by atoms with Gasteiger partial charge in [0.1, 0.15) is 4.88 Å². The zero-order chi connectivity index (χ0) is 25.1. The van der Waals surface area contributed by atoms with Crippen molar-refractivity contribution >= 4 is 45.0 Å². The van der Waals surface area contributed by atoms with Crippen LogP contribution in [0.25, 0.3) is 10.1 Å². The van der Waals surface area contributed by atoms with Crippen LogP contribution in [0.4, 0.5) is 4.79 Å². The van der Waals surface area contributed by atoms with Crippen molar-refractivity contribution < 1.29 is 9.59 Å². The normalized spacial score (nSPS) is 17.5. The Labute approximate surface area is 221 Å². The third-order valence-corrected chi connectivity index (χ3v) is 9.45. The van der Waals surface area contributed by atoms with Crippen LogP contribution in [0.5, 0.6) is 0 Å². The number of hydrogen-bond acceptors (Lipinski definition) is 4. The van der Waals surface area contributed by atoms with Gasteiger partial charge in [-0.05, 0) is 55.7 Å². The first-order valence-corrected chi connectivity index (χ1v) is 14.1. The van der Waals surface area contributed by atoms with Gasteiger partial charge in [0.25, 0.3) is 5.91 Å². The van der Waals surface area contributed by atoms with E-state index in [4.69, 9.17) is 11.6 Å². The molecule has 2 saturated heterocycles. The van der Waals surface area contributed by atoms with Gasteiger partial charge >= 0.3 is 6.03 Å². The quantitative estimate of drug-likeness (QED) is 0.423. The monoisotopic (exact) mass is 524 g/mol. The molecular formula is C28H33ClN4O2S. The number of hydrogen-bond donors (Lipinski definition) is 0. The molecule has 1 aromatic carbocycles. The number of thiophene rings is 1. The Bertz CT molecular complexity index is 1200. The SMILES string of the molecule is CN(CCc1ccccn1)C(=O)N1CCC(C2CCN(C(=O)c3sc4ccccc4c3Cl)CC2)CC1. The van der Waals surface area contributed by atoms with Crippen molar-refractivity contribution in [2.45, 2.75) is 32.1 Å². The number of likely N-dealkylation sites (tertiary alicyclic amines) is 2. The maximum atomic E-state index is 13.2. The van der Waals surface area contributed by atoms with Crippen LogP contribution in [-0.2, 0) is 6.42 Å². The lowest BCUT2D eigenvalue weighted by atomic mass is 9.79. The molecular weight excluding hydrogens is 492 g/mol. The van der Waals surface area contributed by atoms with Gasteiger partial charge in [-0.3, -0.25) is 9.78 Å². The van der Waals surface area contributed by atoms with E-state index in [0.717, 1.165) is 74.1 Å². The van der Waals surface area contributed by atoms with Gasteiger partial charge in [-0.15, -0.1) is 11.3 Å². The van der Waals surface area contributed by atoms with Crippen molar-refractivity contribution in [3.8, 4) is 0 Å². The molecule has 5 rings (SSSR count). The van der Waals surface area contributed by atoms with Gasteiger partial charge in [0.05, 0.1) is 5.02 Å². The lowest BCUT2D eigenvalue weighted by Gasteiger charge is -2.40. The molecule has 0 spiro atoms. The van der Waals surface area contributed by atoms with Crippen molar-refractivity contribution in [2.75, 3.05) is 39.8 Å². The van der Waals surface area contributed by atoms with E-state index in [1.807, 2.05) is 64.2 Å². The van der Waals surface area contributed by atoms with E-state index in [1.54, 1.807) is 6.20 Å². The lowest BCUT2D eigenvalue weighted by Crippen LogP contribution is -2.47. The molecule has 2 aliphatic rings. The van der Waals surface area contributed by atoms with Crippen LogP contribution in [0.1, 0.15) is 41.0 Å². The van der Waals surface area contributed by atoms with Crippen molar-refractivity contribution in [3.05, 3.63) is 64.3 Å². The van der Waals surface area contributed by atoms with Gasteiger partial charge in [0.15, 0.2) is 0 Å². The van der Waals surface area contributed by atoms with Crippen molar-refractivity contribution in [1.29, 1.82) is 0 Å². The van der Waals surface area contributed by atoms with E-state index < -0.39 is 0 Å². The Balaban J connectivity index is 1.08. The summed E-state index contributed by atoms with van der Waals surface area (Å²) in [4.78, 5) is 36.9. The average molecular weight is 525 g/mol. The summed E-state index contributed by atoms with van der Waals surface area (Å²) in [6, 6.07) is 13.9. The number of urea groups is 1. The molecule has 2 fully saturated rings. The highest BCUT2D eigenvalue weighted by molar-refractivity contribution is 7.21. The first kappa shape index (κ1) is 25.0. The zero-order valence-corrected chi connectivity index (χ0v) is 22.3. The molecule has 3 amide bonds. The number of amides is 3. The standard InChI is InChI=1S/C28H33ClN4O2S/c1-31(15-13-22-6-4-5-14-30-22)28(35)33-18-11-21(12-19-33)20-9-16-32(17-10-20)27(34)26-25(29)23-7-2-3-8-24(23)36-26/h2-8,14,20-21H,9-13,15-19H2,1H3. The van der Waals surface area contributed by atoms with E-state index in [2.05, 4.69) is 4.98 Å². The minimum atomic E-state index is 0.0637. The fraction of sp³-hybridized carbons (Fsp3) is 0.464. The van der Waals surface area contributed by atoms with Gasteiger partial charge in [-0.1, -0.05) is 35.9 Å². The largest absolute Gasteiger partial charge is 0.338 e. The van der Waals surface area contributed by atoms with Crippen LogP contribution < -0.4 is 0 Å². The first-order valence-electron chi connectivity index (χ1n) is 12.9. The smallest absolute Gasteiger partial charge is 0.319 e. The second-order valence-electron chi connectivity index (χ2n) is 9.97. The molecule has 36 heavy (non-hydrogen) atoms. The van der Waals surface area contributed by atoms with Gasteiger partial charge in [-0.25, -0.2) is 4.79 Å². The molecule has 0 N–H and O–H groups in total. The summed E-state index contributed by atoms with van der Waals surface area (Å²) in [6.45, 7) is 3.86. The molecule has 0 bridgehead atoms. The molecule has 0 radical (unpaired) electrons. The predicted molar refractivity (Wildman–Crippen MR) is 146 cm³/mol. The molecule has 0 unspecified atom stereocenters. The molecule has 190 valence electrons. The average Bonchev–Trinajstić information content (AvgIpc) is 3.28. The molecule has 0 atom stereocenters. The van der Waals surface area contributed by atoms with E-state index in [9.17, 15) is 9.59 Å². The molecule has 0 saturated carbocycles. The number of aromatic nitrogens is 1. The Morgan fingerprint density at radius 1 is 0.972 bits per heavy atom. The van der Waals surface area contributed by atoms with E-state index in [-0.39, 0.29) is 11.9 Å². The number of carbonyl (C=O) groups excluding carboxylic acids is 2. The zero-order valence-electron chi connectivity index (χ0n) is 20.7.